The molecule has 136 valence electrons. The zero-order chi connectivity index (χ0) is 18.5. The summed E-state index contributed by atoms with van der Waals surface area (Å²) in [4.78, 5) is 0. The van der Waals surface area contributed by atoms with Crippen molar-refractivity contribution in [2.75, 3.05) is 7.11 Å². The minimum Gasteiger partial charge on any atom is -0.497 e. The van der Waals surface area contributed by atoms with Crippen LogP contribution in [0.2, 0.25) is 5.02 Å². The summed E-state index contributed by atoms with van der Waals surface area (Å²) in [5.74, 6) is 0.879. The fourth-order valence-electron chi connectivity index (χ4n) is 3.05. The lowest BCUT2D eigenvalue weighted by Gasteiger charge is -2.09. The van der Waals surface area contributed by atoms with Gasteiger partial charge in [-0.25, -0.2) is 0 Å². The number of aryl methyl sites for hydroxylation is 1. The monoisotopic (exact) mass is 369 g/mol. The van der Waals surface area contributed by atoms with E-state index < -0.39 is 0 Å². The number of nitrogens with one attached hydrogen (secondary N) is 1. The van der Waals surface area contributed by atoms with Gasteiger partial charge in [-0.1, -0.05) is 41.9 Å². The molecule has 0 spiro atoms. The molecule has 26 heavy (non-hydrogen) atoms. The highest BCUT2D eigenvalue weighted by molar-refractivity contribution is 6.31. The van der Waals surface area contributed by atoms with Crippen LogP contribution in [0, 0.1) is 13.8 Å². The lowest BCUT2D eigenvalue weighted by atomic mass is 10.1. The molecule has 0 fully saturated rings. The van der Waals surface area contributed by atoms with Crippen LogP contribution in [0.3, 0.4) is 0 Å². The molecule has 0 radical (unpaired) electrons. The Bertz CT molecular complexity index is 889. The Hall–Kier alpha value is -2.30. The molecule has 1 heterocycles. The van der Waals surface area contributed by atoms with E-state index in [0.717, 1.165) is 35.1 Å². The first kappa shape index (κ1) is 18.5. The Balaban J connectivity index is 1.67. The second-order valence-corrected chi connectivity index (χ2v) is 6.76. The van der Waals surface area contributed by atoms with E-state index in [1.807, 2.05) is 47.1 Å². The Morgan fingerprint density at radius 3 is 2.65 bits per heavy atom. The van der Waals surface area contributed by atoms with Gasteiger partial charge < -0.3 is 10.1 Å². The minimum atomic E-state index is 0.683. The van der Waals surface area contributed by atoms with E-state index in [2.05, 4.69) is 25.2 Å². The minimum absolute atomic E-state index is 0.683. The standard InChI is InChI=1S/C21H24ClN3O/c1-15-20(13-23-12-17-7-6-9-19(11-17)26-3)16(2)25(24-15)14-18-8-4-5-10-21(18)22/h4-11,23H,12-14H2,1-3H3. The van der Waals surface area contributed by atoms with Gasteiger partial charge in [0.05, 0.1) is 19.3 Å². The van der Waals surface area contributed by atoms with Crippen molar-refractivity contribution in [2.24, 2.45) is 0 Å². The topological polar surface area (TPSA) is 39.1 Å². The van der Waals surface area contributed by atoms with Crippen molar-refractivity contribution in [2.45, 2.75) is 33.5 Å². The number of benzene rings is 2. The van der Waals surface area contributed by atoms with Crippen LogP contribution in [0.25, 0.3) is 0 Å². The van der Waals surface area contributed by atoms with E-state index in [1.54, 1.807) is 7.11 Å². The second kappa shape index (κ2) is 8.39. The lowest BCUT2D eigenvalue weighted by molar-refractivity contribution is 0.414. The van der Waals surface area contributed by atoms with E-state index in [0.29, 0.717) is 6.54 Å². The predicted molar refractivity (Wildman–Crippen MR) is 106 cm³/mol. The zero-order valence-electron chi connectivity index (χ0n) is 15.4. The molecule has 0 bridgehead atoms. The molecule has 2 aromatic carbocycles. The Labute approximate surface area is 159 Å². The van der Waals surface area contributed by atoms with E-state index in [9.17, 15) is 0 Å². The van der Waals surface area contributed by atoms with Crippen molar-refractivity contribution in [1.29, 1.82) is 0 Å². The van der Waals surface area contributed by atoms with Gasteiger partial charge in [-0.15, -0.1) is 0 Å². The summed E-state index contributed by atoms with van der Waals surface area (Å²) in [6.45, 7) is 6.41. The van der Waals surface area contributed by atoms with Crippen LogP contribution in [0.5, 0.6) is 5.75 Å². The molecule has 0 amide bonds. The highest BCUT2D eigenvalue weighted by Gasteiger charge is 2.12. The smallest absolute Gasteiger partial charge is 0.119 e. The summed E-state index contributed by atoms with van der Waals surface area (Å²) in [5, 5.41) is 8.98. The van der Waals surface area contributed by atoms with Crippen LogP contribution in [0.4, 0.5) is 0 Å². The molecule has 1 aromatic heterocycles. The van der Waals surface area contributed by atoms with Crippen molar-refractivity contribution in [1.82, 2.24) is 15.1 Å². The summed E-state index contributed by atoms with van der Waals surface area (Å²) >= 11 is 6.29. The summed E-state index contributed by atoms with van der Waals surface area (Å²) in [6.07, 6.45) is 0. The summed E-state index contributed by atoms with van der Waals surface area (Å²) < 4.78 is 7.30. The summed E-state index contributed by atoms with van der Waals surface area (Å²) in [5.41, 5.74) is 5.73. The highest BCUT2D eigenvalue weighted by Crippen LogP contribution is 2.19. The number of hydrogen-bond donors (Lipinski definition) is 1. The molecular weight excluding hydrogens is 346 g/mol. The second-order valence-electron chi connectivity index (χ2n) is 6.35. The molecule has 0 saturated carbocycles. The number of methoxy groups -OCH3 is 1. The molecule has 0 saturated heterocycles. The van der Waals surface area contributed by atoms with Crippen LogP contribution < -0.4 is 10.1 Å². The third-order valence-electron chi connectivity index (χ3n) is 4.57. The molecule has 4 nitrogen and oxygen atoms in total. The molecule has 0 aliphatic heterocycles. The van der Waals surface area contributed by atoms with E-state index in [1.165, 1.54) is 16.8 Å². The van der Waals surface area contributed by atoms with Crippen molar-refractivity contribution < 1.29 is 4.74 Å². The first-order valence-corrected chi connectivity index (χ1v) is 9.06. The molecule has 3 aromatic rings. The third-order valence-corrected chi connectivity index (χ3v) is 4.94. The maximum atomic E-state index is 6.29. The van der Waals surface area contributed by atoms with Gasteiger partial charge in [0.1, 0.15) is 5.75 Å². The number of halogens is 1. The Morgan fingerprint density at radius 2 is 1.88 bits per heavy atom. The fourth-order valence-corrected chi connectivity index (χ4v) is 3.24. The largest absolute Gasteiger partial charge is 0.497 e. The van der Waals surface area contributed by atoms with Gasteiger partial charge in [-0.3, -0.25) is 4.68 Å². The first-order chi connectivity index (χ1) is 12.6. The van der Waals surface area contributed by atoms with Crippen LogP contribution >= 0.6 is 11.6 Å². The third kappa shape index (κ3) is 4.26. The molecular formula is C21H24ClN3O. The number of aromatic nitrogens is 2. The molecule has 3 rings (SSSR count). The van der Waals surface area contributed by atoms with Gasteiger partial charge in [0.25, 0.3) is 0 Å². The van der Waals surface area contributed by atoms with Gasteiger partial charge in [-0.05, 0) is 43.2 Å². The van der Waals surface area contributed by atoms with Gasteiger partial charge >= 0.3 is 0 Å². The normalized spacial score (nSPS) is 10.9. The molecule has 0 atom stereocenters. The van der Waals surface area contributed by atoms with Gasteiger partial charge in [0.15, 0.2) is 0 Å². The van der Waals surface area contributed by atoms with Crippen molar-refractivity contribution in [3.63, 3.8) is 0 Å². The predicted octanol–water partition coefficient (Wildman–Crippen LogP) is 4.50. The molecule has 0 aliphatic carbocycles. The van der Waals surface area contributed by atoms with Crippen LogP contribution in [-0.2, 0) is 19.6 Å². The van der Waals surface area contributed by atoms with Crippen LogP contribution in [0.15, 0.2) is 48.5 Å². The van der Waals surface area contributed by atoms with Crippen molar-refractivity contribution in [3.05, 3.63) is 81.6 Å². The Morgan fingerprint density at radius 1 is 1.08 bits per heavy atom. The average molecular weight is 370 g/mol. The summed E-state index contributed by atoms with van der Waals surface area (Å²) in [6, 6.07) is 16.0. The first-order valence-electron chi connectivity index (χ1n) is 8.68. The van der Waals surface area contributed by atoms with E-state index in [4.69, 9.17) is 21.4 Å². The van der Waals surface area contributed by atoms with Gasteiger partial charge in [0, 0.05) is 29.4 Å². The SMILES string of the molecule is COc1cccc(CNCc2c(C)nn(Cc3ccccc3Cl)c2C)c1. The maximum absolute atomic E-state index is 6.29. The number of hydrogen-bond acceptors (Lipinski definition) is 3. The summed E-state index contributed by atoms with van der Waals surface area (Å²) in [7, 11) is 1.69. The number of ether oxygens (including phenoxy) is 1. The highest BCUT2D eigenvalue weighted by atomic mass is 35.5. The molecule has 5 heteroatoms. The van der Waals surface area contributed by atoms with E-state index >= 15 is 0 Å². The maximum Gasteiger partial charge on any atom is 0.119 e. The molecule has 0 unspecified atom stereocenters. The van der Waals surface area contributed by atoms with E-state index in [-0.39, 0.29) is 0 Å². The van der Waals surface area contributed by atoms with Crippen molar-refractivity contribution in [3.8, 4) is 5.75 Å². The number of nitrogens with zero attached hydrogens (tertiary/aromatic N) is 2. The van der Waals surface area contributed by atoms with Crippen molar-refractivity contribution >= 4 is 11.6 Å². The molecule has 0 aliphatic rings. The number of rotatable bonds is 7. The molecule has 1 N–H and O–H groups in total. The lowest BCUT2D eigenvalue weighted by Crippen LogP contribution is -2.14. The average Bonchev–Trinajstić information content (AvgIpc) is 2.91. The van der Waals surface area contributed by atoms with Gasteiger partial charge in [0.2, 0.25) is 0 Å². The van der Waals surface area contributed by atoms with Gasteiger partial charge in [-0.2, -0.15) is 5.10 Å². The van der Waals surface area contributed by atoms with Crippen LogP contribution in [0.1, 0.15) is 28.1 Å². The Kier molecular flexibility index (Phi) is 5.96. The zero-order valence-corrected chi connectivity index (χ0v) is 16.2. The van der Waals surface area contributed by atoms with Crippen LogP contribution in [-0.4, -0.2) is 16.9 Å². The quantitative estimate of drug-likeness (QED) is 0.666. The fraction of sp³-hybridized carbons (Fsp3) is 0.286.